The summed E-state index contributed by atoms with van der Waals surface area (Å²) in [7, 11) is 0. The monoisotopic (exact) mass is 553 g/mol. The van der Waals surface area contributed by atoms with Gasteiger partial charge in [-0.05, 0) is 92.7 Å². The van der Waals surface area contributed by atoms with Gasteiger partial charge in [-0.3, -0.25) is 9.59 Å². The Balaban J connectivity index is 1.25. The zero-order chi connectivity index (χ0) is 27.8. The van der Waals surface area contributed by atoms with Crippen LogP contribution in [0.5, 0.6) is 11.5 Å². The van der Waals surface area contributed by atoms with Crippen molar-refractivity contribution in [2.75, 3.05) is 19.6 Å². The third-order valence-corrected chi connectivity index (χ3v) is 9.03. The van der Waals surface area contributed by atoms with Crippen LogP contribution in [-0.4, -0.2) is 51.7 Å². The summed E-state index contributed by atoms with van der Waals surface area (Å²) >= 11 is 1.15. The van der Waals surface area contributed by atoms with Crippen molar-refractivity contribution in [3.8, 4) is 11.5 Å². The number of benzene rings is 2. The number of hydrogen-bond donors (Lipinski definition) is 4. The summed E-state index contributed by atoms with van der Waals surface area (Å²) in [6, 6.07) is 11.2. The second kappa shape index (κ2) is 13.5. The van der Waals surface area contributed by atoms with Crippen LogP contribution in [0.2, 0.25) is 0 Å². The predicted octanol–water partition coefficient (Wildman–Crippen LogP) is 5.73. The van der Waals surface area contributed by atoms with Crippen molar-refractivity contribution >= 4 is 27.5 Å². The molecule has 1 saturated carbocycles. The lowest BCUT2D eigenvalue weighted by atomic mass is 9.75. The van der Waals surface area contributed by atoms with Crippen molar-refractivity contribution in [2.24, 2.45) is 5.41 Å². The largest absolute Gasteiger partial charge is 0.508 e. The van der Waals surface area contributed by atoms with Gasteiger partial charge in [0.05, 0.1) is 4.70 Å². The molecule has 7 nitrogen and oxygen atoms in total. The predicted molar refractivity (Wildman–Crippen MR) is 159 cm³/mol. The van der Waals surface area contributed by atoms with Crippen molar-refractivity contribution in [3.63, 3.8) is 0 Å². The minimum atomic E-state index is -0.147. The van der Waals surface area contributed by atoms with E-state index in [1.165, 1.54) is 0 Å². The highest BCUT2D eigenvalue weighted by Crippen LogP contribution is 2.37. The molecule has 1 amide bonds. The molecule has 1 aliphatic rings. The molecule has 39 heavy (non-hydrogen) atoms. The molecule has 0 atom stereocenters. The van der Waals surface area contributed by atoms with E-state index < -0.39 is 0 Å². The van der Waals surface area contributed by atoms with E-state index >= 15 is 0 Å². The van der Waals surface area contributed by atoms with E-state index in [2.05, 4.69) is 29.0 Å². The fraction of sp³-hybridized carbons (Fsp3) is 0.548. The molecule has 0 bridgehead atoms. The van der Waals surface area contributed by atoms with E-state index in [0.717, 1.165) is 98.0 Å². The fourth-order valence-electron chi connectivity index (χ4n) is 5.66. The van der Waals surface area contributed by atoms with Gasteiger partial charge >= 0.3 is 4.87 Å². The second-order valence-corrected chi connectivity index (χ2v) is 12.7. The zero-order valence-corrected chi connectivity index (χ0v) is 24.1. The van der Waals surface area contributed by atoms with Gasteiger partial charge in [0.25, 0.3) is 0 Å². The Labute approximate surface area is 235 Å². The molecule has 3 aromatic rings. The third kappa shape index (κ3) is 8.32. The average Bonchev–Trinajstić information content (AvgIpc) is 3.30. The fourth-order valence-corrected chi connectivity index (χ4v) is 6.56. The Hall–Kier alpha value is -2.84. The number of unbranched alkanes of at least 4 members (excludes halogenated alkanes) is 2. The van der Waals surface area contributed by atoms with Gasteiger partial charge in [-0.1, -0.05) is 49.8 Å². The lowest BCUT2D eigenvalue weighted by Gasteiger charge is -2.40. The molecule has 4 rings (SSSR count). The number of hydrogen-bond acceptors (Lipinski definition) is 6. The number of phenolic OH excluding ortho intramolecular Hbond substituents is 2. The molecule has 0 aliphatic heterocycles. The Bertz CT molecular complexity index is 1290. The van der Waals surface area contributed by atoms with Gasteiger partial charge in [0.2, 0.25) is 5.91 Å². The van der Waals surface area contributed by atoms with Gasteiger partial charge in [0.15, 0.2) is 0 Å². The minimum absolute atomic E-state index is 0.116. The van der Waals surface area contributed by atoms with Crippen LogP contribution in [-0.2, 0) is 17.6 Å². The van der Waals surface area contributed by atoms with Gasteiger partial charge in [0, 0.05) is 25.6 Å². The average molecular weight is 554 g/mol. The molecule has 0 spiro atoms. The van der Waals surface area contributed by atoms with E-state index in [9.17, 15) is 19.8 Å². The number of carbonyl (C=O) groups is 1. The van der Waals surface area contributed by atoms with Crippen molar-refractivity contribution in [1.29, 1.82) is 0 Å². The first-order valence-corrected chi connectivity index (χ1v) is 15.2. The molecular formula is C31H43N3O4S. The van der Waals surface area contributed by atoms with Gasteiger partial charge in [-0.25, -0.2) is 0 Å². The Morgan fingerprint density at radius 1 is 1.08 bits per heavy atom. The van der Waals surface area contributed by atoms with E-state index in [0.29, 0.717) is 29.9 Å². The number of aromatic nitrogens is 1. The van der Waals surface area contributed by atoms with Gasteiger partial charge in [-0.15, -0.1) is 0 Å². The highest BCUT2D eigenvalue weighted by Gasteiger charge is 2.31. The van der Waals surface area contributed by atoms with Crippen molar-refractivity contribution in [2.45, 2.75) is 84.1 Å². The van der Waals surface area contributed by atoms with E-state index in [1.807, 2.05) is 18.2 Å². The SMILES string of the molecule is CC1(C)CCC(N(CCCCCc2ccc(O)c3[nH]c(=O)sc23)C(=O)CCNCCc2cccc(O)c2)CC1. The molecule has 0 unspecified atom stereocenters. The number of aryl methyl sites for hydroxylation is 1. The van der Waals surface area contributed by atoms with E-state index in [4.69, 9.17) is 0 Å². The third-order valence-electron chi connectivity index (χ3n) is 8.07. The molecule has 4 N–H and O–H groups in total. The van der Waals surface area contributed by atoms with Gasteiger partial charge < -0.3 is 25.4 Å². The summed E-state index contributed by atoms with van der Waals surface area (Å²) in [5.74, 6) is 0.639. The van der Waals surface area contributed by atoms with Crippen molar-refractivity contribution in [3.05, 3.63) is 57.2 Å². The highest BCUT2D eigenvalue weighted by atomic mass is 32.1. The number of amides is 1. The molecule has 1 fully saturated rings. The maximum absolute atomic E-state index is 13.3. The maximum atomic E-state index is 13.3. The molecule has 212 valence electrons. The first-order chi connectivity index (χ1) is 18.7. The van der Waals surface area contributed by atoms with E-state index in [-0.39, 0.29) is 22.3 Å². The number of nitrogens with zero attached hydrogens (tertiary/aromatic N) is 1. The molecule has 2 aromatic carbocycles. The Morgan fingerprint density at radius 2 is 1.87 bits per heavy atom. The van der Waals surface area contributed by atoms with Gasteiger partial charge in [0.1, 0.15) is 17.0 Å². The molecular weight excluding hydrogens is 510 g/mol. The molecule has 1 heterocycles. The smallest absolute Gasteiger partial charge is 0.305 e. The van der Waals surface area contributed by atoms with Gasteiger partial charge in [-0.2, -0.15) is 0 Å². The number of thiazole rings is 1. The molecule has 0 radical (unpaired) electrons. The minimum Gasteiger partial charge on any atom is -0.508 e. The lowest BCUT2D eigenvalue weighted by molar-refractivity contribution is -0.134. The number of phenols is 2. The van der Waals surface area contributed by atoms with Crippen molar-refractivity contribution < 1.29 is 15.0 Å². The first kappa shape index (κ1) is 29.2. The molecule has 0 saturated heterocycles. The second-order valence-electron chi connectivity index (χ2n) is 11.7. The number of rotatable bonds is 13. The van der Waals surface area contributed by atoms with Crippen LogP contribution in [0.15, 0.2) is 41.2 Å². The zero-order valence-electron chi connectivity index (χ0n) is 23.3. The number of carbonyl (C=O) groups excluding carboxylic acids is 1. The van der Waals surface area contributed by atoms with Crippen molar-refractivity contribution in [1.82, 2.24) is 15.2 Å². The summed E-state index contributed by atoms with van der Waals surface area (Å²) in [4.78, 5) is 29.9. The number of H-pyrrole nitrogens is 1. The Kier molecular flexibility index (Phi) is 10.1. The maximum Gasteiger partial charge on any atom is 0.305 e. The normalized spacial score (nSPS) is 15.5. The van der Waals surface area contributed by atoms with Crippen LogP contribution in [0, 0.1) is 5.41 Å². The number of aromatic hydroxyl groups is 2. The molecule has 1 aromatic heterocycles. The molecule has 1 aliphatic carbocycles. The number of aromatic amines is 1. The quantitative estimate of drug-likeness (QED) is 0.202. The summed E-state index contributed by atoms with van der Waals surface area (Å²) < 4.78 is 0.846. The Morgan fingerprint density at radius 3 is 2.64 bits per heavy atom. The van der Waals surface area contributed by atoms with E-state index in [1.54, 1.807) is 18.2 Å². The summed E-state index contributed by atoms with van der Waals surface area (Å²) in [5.41, 5.74) is 3.07. The number of nitrogens with one attached hydrogen (secondary N) is 2. The van der Waals surface area contributed by atoms with Crippen LogP contribution >= 0.6 is 11.3 Å². The summed E-state index contributed by atoms with van der Waals surface area (Å²) in [6.45, 7) is 6.87. The molecule has 8 heteroatoms. The van der Waals surface area contributed by atoms with Crippen LogP contribution in [0.1, 0.15) is 76.3 Å². The summed E-state index contributed by atoms with van der Waals surface area (Å²) in [5, 5.41) is 23.1. The summed E-state index contributed by atoms with van der Waals surface area (Å²) in [6.07, 6.45) is 9.55. The van der Waals surface area contributed by atoms with Crippen LogP contribution < -0.4 is 10.2 Å². The lowest BCUT2D eigenvalue weighted by Crippen LogP contribution is -2.44. The standard InChI is InChI=1S/C31H43N3O4S/c1-31(2)16-12-24(13-17-31)34(27(37)15-19-32-18-14-22-7-6-9-25(35)21-22)20-5-3-4-8-23-10-11-26(36)28-29(23)39-30(38)33-28/h6-7,9-11,21,24,32,35-36H,3-5,8,12-20H2,1-2H3,(H,33,38). The first-order valence-electron chi connectivity index (χ1n) is 14.3. The highest BCUT2D eigenvalue weighted by molar-refractivity contribution is 7.16. The van der Waals surface area contributed by atoms with Crippen LogP contribution in [0.25, 0.3) is 10.2 Å². The van der Waals surface area contributed by atoms with Crippen LogP contribution in [0.3, 0.4) is 0 Å². The number of fused-ring (bicyclic) bond motifs is 1. The van der Waals surface area contributed by atoms with Crippen LogP contribution in [0.4, 0.5) is 0 Å². The topological polar surface area (TPSA) is 106 Å².